The highest BCUT2D eigenvalue weighted by Crippen LogP contribution is 2.27. The van der Waals surface area contributed by atoms with Crippen molar-refractivity contribution in [3.05, 3.63) is 89.7 Å². The Labute approximate surface area is 182 Å². The first kappa shape index (κ1) is 22.0. The zero-order valence-corrected chi connectivity index (χ0v) is 18.0. The van der Waals surface area contributed by atoms with Gasteiger partial charge in [-0.25, -0.2) is 0 Å². The van der Waals surface area contributed by atoms with Crippen LogP contribution in [0.2, 0.25) is 0 Å². The third-order valence-electron chi connectivity index (χ3n) is 4.85. The highest BCUT2D eigenvalue weighted by atomic mass is 16.5. The highest BCUT2D eigenvalue weighted by molar-refractivity contribution is 5.95. The number of hydrogen-bond acceptors (Lipinski definition) is 4. The van der Waals surface area contributed by atoms with Crippen LogP contribution in [0.5, 0.6) is 5.75 Å². The van der Waals surface area contributed by atoms with Gasteiger partial charge in [-0.2, -0.15) is 0 Å². The van der Waals surface area contributed by atoms with E-state index in [9.17, 15) is 9.59 Å². The van der Waals surface area contributed by atoms with Crippen LogP contribution >= 0.6 is 0 Å². The molecule has 0 bridgehead atoms. The van der Waals surface area contributed by atoms with E-state index in [0.29, 0.717) is 17.0 Å². The van der Waals surface area contributed by atoms with Crippen LogP contribution < -0.4 is 15.4 Å². The summed E-state index contributed by atoms with van der Waals surface area (Å²) in [6, 6.07) is 18.5. The van der Waals surface area contributed by atoms with Crippen LogP contribution in [0.4, 0.5) is 5.69 Å². The SMILES string of the molecule is CC(Oc1ccccc1C(C)C)C(=O)Nc1ccccc1CNC(=O)c1cccnc1. The molecule has 31 heavy (non-hydrogen) atoms. The van der Waals surface area contributed by atoms with Crippen LogP contribution in [-0.2, 0) is 11.3 Å². The summed E-state index contributed by atoms with van der Waals surface area (Å²) in [6.45, 7) is 6.17. The first-order valence-electron chi connectivity index (χ1n) is 10.3. The fourth-order valence-electron chi connectivity index (χ4n) is 3.11. The Balaban J connectivity index is 1.65. The molecule has 0 radical (unpaired) electrons. The normalized spacial score (nSPS) is 11.6. The van der Waals surface area contributed by atoms with Crippen molar-refractivity contribution in [3.63, 3.8) is 0 Å². The second kappa shape index (κ2) is 10.4. The van der Waals surface area contributed by atoms with E-state index in [1.807, 2.05) is 42.5 Å². The van der Waals surface area contributed by atoms with Crippen molar-refractivity contribution in [2.45, 2.75) is 39.3 Å². The average Bonchev–Trinajstić information content (AvgIpc) is 2.79. The highest BCUT2D eigenvalue weighted by Gasteiger charge is 2.18. The molecule has 0 saturated heterocycles. The monoisotopic (exact) mass is 417 g/mol. The summed E-state index contributed by atoms with van der Waals surface area (Å²) in [5, 5.41) is 5.77. The van der Waals surface area contributed by atoms with E-state index in [4.69, 9.17) is 4.74 Å². The summed E-state index contributed by atoms with van der Waals surface area (Å²) in [4.78, 5) is 29.0. The smallest absolute Gasteiger partial charge is 0.265 e. The van der Waals surface area contributed by atoms with Gasteiger partial charge in [-0.05, 0) is 48.2 Å². The fraction of sp³-hybridized carbons (Fsp3) is 0.240. The predicted octanol–water partition coefficient (Wildman–Crippen LogP) is 4.54. The Morgan fingerprint density at radius 1 is 0.968 bits per heavy atom. The zero-order valence-electron chi connectivity index (χ0n) is 18.0. The summed E-state index contributed by atoms with van der Waals surface area (Å²) in [5.74, 6) is 0.508. The predicted molar refractivity (Wildman–Crippen MR) is 121 cm³/mol. The van der Waals surface area contributed by atoms with Crippen LogP contribution in [0.15, 0.2) is 73.1 Å². The maximum Gasteiger partial charge on any atom is 0.265 e. The van der Waals surface area contributed by atoms with Gasteiger partial charge in [0.1, 0.15) is 5.75 Å². The number of nitrogens with one attached hydrogen (secondary N) is 2. The molecule has 3 rings (SSSR count). The standard InChI is InChI=1S/C25H27N3O3/c1-17(2)21-11-5-7-13-23(21)31-18(3)24(29)28-22-12-6-4-9-19(22)16-27-25(30)20-10-8-14-26-15-20/h4-15,17-18H,16H2,1-3H3,(H,27,30)(H,28,29). The van der Waals surface area contributed by atoms with Crippen LogP contribution in [0.1, 0.15) is 48.2 Å². The lowest BCUT2D eigenvalue weighted by Crippen LogP contribution is -2.31. The van der Waals surface area contributed by atoms with Gasteiger partial charge in [0.2, 0.25) is 0 Å². The van der Waals surface area contributed by atoms with Crippen molar-refractivity contribution >= 4 is 17.5 Å². The van der Waals surface area contributed by atoms with E-state index < -0.39 is 6.10 Å². The largest absolute Gasteiger partial charge is 0.481 e. The molecule has 3 aromatic rings. The van der Waals surface area contributed by atoms with E-state index in [1.165, 1.54) is 6.20 Å². The first-order valence-corrected chi connectivity index (χ1v) is 10.3. The molecule has 160 valence electrons. The number of anilines is 1. The molecule has 2 N–H and O–H groups in total. The lowest BCUT2D eigenvalue weighted by atomic mass is 10.0. The van der Waals surface area contributed by atoms with Gasteiger partial charge in [-0.3, -0.25) is 14.6 Å². The Morgan fingerprint density at radius 2 is 1.71 bits per heavy atom. The third-order valence-corrected chi connectivity index (χ3v) is 4.85. The minimum absolute atomic E-state index is 0.226. The number of carbonyl (C=O) groups is 2. The van der Waals surface area contributed by atoms with Gasteiger partial charge in [-0.15, -0.1) is 0 Å². The third kappa shape index (κ3) is 5.92. The van der Waals surface area contributed by atoms with Gasteiger partial charge in [0.15, 0.2) is 6.10 Å². The molecule has 0 aliphatic heterocycles. The number of amides is 2. The van der Waals surface area contributed by atoms with Gasteiger partial charge in [0.05, 0.1) is 5.56 Å². The Bertz CT molecular complexity index is 1030. The van der Waals surface area contributed by atoms with Crippen molar-refractivity contribution < 1.29 is 14.3 Å². The Kier molecular flexibility index (Phi) is 7.38. The van der Waals surface area contributed by atoms with Crippen LogP contribution in [-0.4, -0.2) is 22.9 Å². The second-order valence-corrected chi connectivity index (χ2v) is 7.52. The number of rotatable bonds is 8. The van der Waals surface area contributed by atoms with E-state index in [-0.39, 0.29) is 24.3 Å². The van der Waals surface area contributed by atoms with Gasteiger partial charge >= 0.3 is 0 Å². The lowest BCUT2D eigenvalue weighted by Gasteiger charge is -2.19. The summed E-state index contributed by atoms with van der Waals surface area (Å²) in [6.07, 6.45) is 2.44. The maximum atomic E-state index is 12.8. The molecule has 1 heterocycles. The molecule has 1 atom stereocenters. The number of ether oxygens (including phenoxy) is 1. The van der Waals surface area contributed by atoms with Crippen LogP contribution in [0, 0.1) is 0 Å². The summed E-state index contributed by atoms with van der Waals surface area (Å²) in [7, 11) is 0. The van der Waals surface area contributed by atoms with Crippen LogP contribution in [0.25, 0.3) is 0 Å². The summed E-state index contributed by atoms with van der Waals surface area (Å²) in [5.41, 5.74) is 2.96. The minimum atomic E-state index is -0.682. The number of carbonyl (C=O) groups excluding carboxylic acids is 2. The van der Waals surface area contributed by atoms with Crippen molar-refractivity contribution in [1.29, 1.82) is 0 Å². The number of aromatic nitrogens is 1. The molecular formula is C25H27N3O3. The van der Waals surface area contributed by atoms with E-state index >= 15 is 0 Å². The molecule has 1 unspecified atom stereocenters. The van der Waals surface area contributed by atoms with E-state index in [0.717, 1.165) is 11.1 Å². The maximum absolute atomic E-state index is 12.8. The van der Waals surface area contributed by atoms with Gasteiger partial charge < -0.3 is 15.4 Å². The molecule has 0 fully saturated rings. The number of pyridine rings is 1. The van der Waals surface area contributed by atoms with Crippen molar-refractivity contribution in [2.24, 2.45) is 0 Å². The van der Waals surface area contributed by atoms with E-state index in [1.54, 1.807) is 31.3 Å². The molecule has 6 heteroatoms. The number of para-hydroxylation sites is 2. The molecule has 2 aromatic carbocycles. The Hall–Kier alpha value is -3.67. The average molecular weight is 418 g/mol. The Morgan fingerprint density at radius 3 is 2.45 bits per heavy atom. The van der Waals surface area contributed by atoms with Crippen molar-refractivity contribution in [1.82, 2.24) is 10.3 Å². The topological polar surface area (TPSA) is 80.3 Å². The van der Waals surface area contributed by atoms with Gasteiger partial charge in [0.25, 0.3) is 11.8 Å². The number of hydrogen-bond donors (Lipinski definition) is 2. The number of benzene rings is 2. The van der Waals surface area contributed by atoms with Gasteiger partial charge in [0, 0.05) is 24.6 Å². The van der Waals surface area contributed by atoms with Gasteiger partial charge in [-0.1, -0.05) is 50.2 Å². The molecule has 0 saturated carbocycles. The quantitative estimate of drug-likeness (QED) is 0.564. The first-order chi connectivity index (χ1) is 15.0. The molecule has 6 nitrogen and oxygen atoms in total. The van der Waals surface area contributed by atoms with E-state index in [2.05, 4.69) is 29.5 Å². The van der Waals surface area contributed by atoms with Crippen molar-refractivity contribution in [3.8, 4) is 5.75 Å². The summed E-state index contributed by atoms with van der Waals surface area (Å²) < 4.78 is 5.95. The number of nitrogens with zero attached hydrogens (tertiary/aromatic N) is 1. The molecule has 0 spiro atoms. The molecule has 0 aliphatic carbocycles. The van der Waals surface area contributed by atoms with Crippen LogP contribution in [0.3, 0.4) is 0 Å². The second-order valence-electron chi connectivity index (χ2n) is 7.52. The van der Waals surface area contributed by atoms with Crippen molar-refractivity contribution in [2.75, 3.05) is 5.32 Å². The molecule has 1 aromatic heterocycles. The molecule has 0 aliphatic rings. The minimum Gasteiger partial charge on any atom is -0.481 e. The molecular weight excluding hydrogens is 390 g/mol. The fourth-order valence-corrected chi connectivity index (χ4v) is 3.11. The summed E-state index contributed by atoms with van der Waals surface area (Å²) >= 11 is 0. The lowest BCUT2D eigenvalue weighted by molar-refractivity contribution is -0.122. The molecule has 2 amide bonds. The zero-order chi connectivity index (χ0) is 22.2.